The van der Waals surface area contributed by atoms with Crippen LogP contribution in [0, 0.1) is 0 Å². The summed E-state index contributed by atoms with van der Waals surface area (Å²) in [5.41, 5.74) is 6.94. The fourth-order valence-electron chi connectivity index (χ4n) is 2.37. The molecule has 20 heavy (non-hydrogen) atoms. The molecule has 0 bridgehead atoms. The molecule has 2 unspecified atom stereocenters. The fourth-order valence-corrected chi connectivity index (χ4v) is 4.44. The summed E-state index contributed by atoms with van der Waals surface area (Å²) in [6.07, 6.45) is 0. The first-order valence-corrected chi connectivity index (χ1v) is 9.11. The molecule has 2 atom stereocenters. The highest BCUT2D eigenvalue weighted by Gasteiger charge is 2.29. The third-order valence-electron chi connectivity index (χ3n) is 3.74. The quantitative estimate of drug-likeness (QED) is 0.827. The highest BCUT2D eigenvalue weighted by atomic mass is 32.2. The summed E-state index contributed by atoms with van der Waals surface area (Å²) in [5, 5.41) is 0.464. The maximum absolute atomic E-state index is 12.2. The summed E-state index contributed by atoms with van der Waals surface area (Å²) in [6.45, 7) is 5.14. The highest BCUT2D eigenvalue weighted by Crippen LogP contribution is 2.34. The van der Waals surface area contributed by atoms with E-state index in [1.54, 1.807) is 12.1 Å². The minimum Gasteiger partial charge on any atom is -0.399 e. The smallest absolute Gasteiger partial charge is 0.242 e. The zero-order chi connectivity index (χ0) is 14.9. The number of nitrogens with one attached hydrogen (secondary N) is 1. The normalized spacial score (nSPS) is 23.9. The van der Waals surface area contributed by atoms with Crippen LogP contribution in [0.4, 0.5) is 11.4 Å². The lowest BCUT2D eigenvalue weighted by Gasteiger charge is -2.40. The van der Waals surface area contributed by atoms with Crippen molar-refractivity contribution in [1.82, 2.24) is 4.72 Å². The number of sulfonamides is 1. The maximum Gasteiger partial charge on any atom is 0.242 e. The van der Waals surface area contributed by atoms with Crippen LogP contribution in [-0.2, 0) is 10.0 Å². The molecule has 1 fully saturated rings. The number of hydrogen-bond acceptors (Lipinski definition) is 5. The SMILES string of the molecule is CNS(=O)(=O)c1cc(N)ccc1N1CCSC(C)C1C. The van der Waals surface area contributed by atoms with Gasteiger partial charge in [0.05, 0.1) is 5.69 Å². The van der Waals surface area contributed by atoms with Gasteiger partial charge in [0.2, 0.25) is 10.0 Å². The number of rotatable bonds is 3. The van der Waals surface area contributed by atoms with Crippen molar-refractivity contribution in [1.29, 1.82) is 0 Å². The zero-order valence-electron chi connectivity index (χ0n) is 12.0. The lowest BCUT2D eigenvalue weighted by Crippen LogP contribution is -2.45. The molecule has 0 saturated carbocycles. The van der Waals surface area contributed by atoms with Gasteiger partial charge >= 0.3 is 0 Å². The standard InChI is InChI=1S/C13H21N3O2S2/c1-9-10(2)19-7-6-16(9)12-5-4-11(14)8-13(12)20(17,18)15-3/h4-5,8-10,15H,6-7,14H2,1-3H3. The van der Waals surface area contributed by atoms with Crippen LogP contribution in [0.15, 0.2) is 23.1 Å². The van der Waals surface area contributed by atoms with E-state index in [-0.39, 0.29) is 10.9 Å². The van der Waals surface area contributed by atoms with Crippen LogP contribution < -0.4 is 15.4 Å². The van der Waals surface area contributed by atoms with Crippen molar-refractivity contribution in [2.24, 2.45) is 0 Å². The molecule has 7 heteroatoms. The van der Waals surface area contributed by atoms with Crippen LogP contribution in [-0.4, -0.2) is 39.1 Å². The van der Waals surface area contributed by atoms with Crippen molar-refractivity contribution in [3.8, 4) is 0 Å². The monoisotopic (exact) mass is 315 g/mol. The van der Waals surface area contributed by atoms with E-state index >= 15 is 0 Å². The zero-order valence-corrected chi connectivity index (χ0v) is 13.6. The number of nitrogen functional groups attached to an aromatic ring is 1. The van der Waals surface area contributed by atoms with Crippen molar-refractivity contribution in [3.63, 3.8) is 0 Å². The minimum atomic E-state index is -3.52. The van der Waals surface area contributed by atoms with E-state index in [1.807, 2.05) is 11.8 Å². The first kappa shape index (κ1) is 15.5. The van der Waals surface area contributed by atoms with Crippen molar-refractivity contribution in [2.75, 3.05) is 30.0 Å². The molecule has 3 N–H and O–H groups in total. The molecule has 1 saturated heterocycles. The molecule has 5 nitrogen and oxygen atoms in total. The van der Waals surface area contributed by atoms with Crippen molar-refractivity contribution >= 4 is 33.2 Å². The summed E-state index contributed by atoms with van der Waals surface area (Å²) < 4.78 is 26.8. The molecule has 2 rings (SSSR count). The van der Waals surface area contributed by atoms with Gasteiger partial charge in [-0.3, -0.25) is 0 Å². The number of benzene rings is 1. The Kier molecular flexibility index (Phi) is 4.51. The second kappa shape index (κ2) is 5.83. The van der Waals surface area contributed by atoms with Gasteiger partial charge in [-0.1, -0.05) is 6.92 Å². The van der Waals surface area contributed by atoms with Crippen LogP contribution in [0.2, 0.25) is 0 Å². The molecule has 1 aromatic rings. The van der Waals surface area contributed by atoms with E-state index in [0.717, 1.165) is 18.0 Å². The second-order valence-electron chi connectivity index (χ2n) is 4.94. The van der Waals surface area contributed by atoms with Crippen molar-refractivity contribution in [3.05, 3.63) is 18.2 Å². The van der Waals surface area contributed by atoms with E-state index in [1.165, 1.54) is 13.1 Å². The predicted octanol–water partition coefficient (Wildman–Crippen LogP) is 1.51. The first-order chi connectivity index (χ1) is 9.36. The Morgan fingerprint density at radius 1 is 1.40 bits per heavy atom. The van der Waals surface area contributed by atoms with E-state index in [9.17, 15) is 8.42 Å². The molecular weight excluding hydrogens is 294 g/mol. The summed E-state index contributed by atoms with van der Waals surface area (Å²) in [7, 11) is -2.10. The molecule has 0 spiro atoms. The molecule has 1 aliphatic heterocycles. The Morgan fingerprint density at radius 3 is 2.75 bits per heavy atom. The molecule has 1 aliphatic rings. The molecule has 0 amide bonds. The van der Waals surface area contributed by atoms with Gasteiger partial charge < -0.3 is 10.6 Å². The average Bonchev–Trinajstić information content (AvgIpc) is 2.42. The van der Waals surface area contributed by atoms with Gasteiger partial charge in [-0.05, 0) is 32.2 Å². The van der Waals surface area contributed by atoms with Gasteiger partial charge in [-0.15, -0.1) is 0 Å². The highest BCUT2D eigenvalue weighted by molar-refractivity contribution is 8.00. The summed E-state index contributed by atoms with van der Waals surface area (Å²) in [4.78, 5) is 2.41. The molecule has 112 valence electrons. The van der Waals surface area contributed by atoms with Crippen molar-refractivity contribution in [2.45, 2.75) is 30.0 Å². The average molecular weight is 315 g/mol. The van der Waals surface area contributed by atoms with Crippen LogP contribution >= 0.6 is 11.8 Å². The molecule has 1 aromatic carbocycles. The van der Waals surface area contributed by atoms with Crippen LogP contribution in [0.25, 0.3) is 0 Å². The molecular formula is C13H21N3O2S2. The lowest BCUT2D eigenvalue weighted by atomic mass is 10.1. The topological polar surface area (TPSA) is 75.4 Å². The molecule has 0 radical (unpaired) electrons. The van der Waals surface area contributed by atoms with E-state index in [0.29, 0.717) is 10.9 Å². The van der Waals surface area contributed by atoms with E-state index in [4.69, 9.17) is 5.73 Å². The minimum absolute atomic E-state index is 0.256. The largest absolute Gasteiger partial charge is 0.399 e. The van der Waals surface area contributed by atoms with Crippen molar-refractivity contribution < 1.29 is 8.42 Å². The second-order valence-corrected chi connectivity index (χ2v) is 8.28. The summed E-state index contributed by atoms with van der Waals surface area (Å²) in [6, 6.07) is 5.37. The Morgan fingerprint density at radius 2 is 2.10 bits per heavy atom. The lowest BCUT2D eigenvalue weighted by molar-refractivity contribution is 0.584. The van der Waals surface area contributed by atoms with Crippen LogP contribution in [0.5, 0.6) is 0 Å². The molecule has 0 aromatic heterocycles. The first-order valence-electron chi connectivity index (χ1n) is 6.58. The Labute approximate surface area is 125 Å². The van der Waals surface area contributed by atoms with Gasteiger partial charge in [0.25, 0.3) is 0 Å². The number of anilines is 2. The third kappa shape index (κ3) is 2.89. The number of nitrogens with two attached hydrogens (primary N) is 1. The van der Waals surface area contributed by atoms with E-state index < -0.39 is 10.0 Å². The molecule has 1 heterocycles. The maximum atomic E-state index is 12.2. The van der Waals surface area contributed by atoms with Gasteiger partial charge in [0, 0.05) is 29.3 Å². The Hall–Kier alpha value is -0.920. The van der Waals surface area contributed by atoms with Gasteiger partial charge in [-0.25, -0.2) is 13.1 Å². The summed E-state index contributed by atoms with van der Waals surface area (Å²) in [5.74, 6) is 0.995. The predicted molar refractivity (Wildman–Crippen MR) is 85.8 cm³/mol. The number of nitrogens with zero attached hydrogens (tertiary/aromatic N) is 1. The van der Waals surface area contributed by atoms with Gasteiger partial charge in [-0.2, -0.15) is 11.8 Å². The van der Waals surface area contributed by atoms with Gasteiger partial charge in [0.15, 0.2) is 0 Å². The van der Waals surface area contributed by atoms with Crippen LogP contribution in [0.3, 0.4) is 0 Å². The Balaban J connectivity index is 2.51. The third-order valence-corrected chi connectivity index (χ3v) is 6.52. The molecule has 0 aliphatic carbocycles. The van der Waals surface area contributed by atoms with E-state index in [2.05, 4.69) is 23.5 Å². The fraction of sp³-hybridized carbons (Fsp3) is 0.538. The summed E-state index contributed by atoms with van der Waals surface area (Å²) >= 11 is 1.92. The van der Waals surface area contributed by atoms with Crippen LogP contribution in [0.1, 0.15) is 13.8 Å². The Bertz CT molecular complexity index is 589. The number of hydrogen-bond donors (Lipinski definition) is 2. The van der Waals surface area contributed by atoms with Gasteiger partial charge in [0.1, 0.15) is 4.90 Å². The number of thioether (sulfide) groups is 1.